The van der Waals surface area contributed by atoms with Crippen molar-refractivity contribution in [1.29, 1.82) is 0 Å². The van der Waals surface area contributed by atoms with Gasteiger partial charge in [0.15, 0.2) is 0 Å². The third kappa shape index (κ3) is 20.1. The van der Waals surface area contributed by atoms with Crippen LogP contribution < -0.4 is 17.0 Å². The maximum absolute atomic E-state index is 2.37. The van der Waals surface area contributed by atoms with Crippen molar-refractivity contribution in [3.63, 3.8) is 0 Å². The quantitative estimate of drug-likeness (QED) is 0.120. The van der Waals surface area contributed by atoms with Crippen LogP contribution in [0, 0.1) is 0 Å². The first-order valence-electron chi connectivity index (χ1n) is 13.6. The first-order chi connectivity index (χ1) is 13.7. The van der Waals surface area contributed by atoms with Crippen molar-refractivity contribution in [2.24, 2.45) is 0 Å². The lowest BCUT2D eigenvalue weighted by Gasteiger charge is -2.38. The molecule has 0 rings (SSSR count). The van der Waals surface area contributed by atoms with Gasteiger partial charge in [0.05, 0.1) is 26.2 Å². The van der Waals surface area contributed by atoms with E-state index in [1.54, 1.807) is 0 Å². The molecule has 0 aliphatic rings. The van der Waals surface area contributed by atoms with Crippen LogP contribution in [0.5, 0.6) is 0 Å². The summed E-state index contributed by atoms with van der Waals surface area (Å²) in [5, 5.41) is 0. The van der Waals surface area contributed by atoms with Gasteiger partial charge < -0.3 is 21.5 Å². The van der Waals surface area contributed by atoms with Gasteiger partial charge in [0.25, 0.3) is 0 Å². The fraction of sp³-hybridized carbons (Fsp3) is 1.00. The number of hydrogen-bond donors (Lipinski definition) is 0. The SMILES string of the molecule is CCCCCCCCCCCCCCCCCC[N+](CCC)(CCC)CCC.[Br-]. The summed E-state index contributed by atoms with van der Waals surface area (Å²) < 4.78 is 1.40. The molecule has 0 saturated carbocycles. The molecule has 0 heterocycles. The third-order valence-corrected chi connectivity index (χ3v) is 6.58. The van der Waals surface area contributed by atoms with Gasteiger partial charge in [0, 0.05) is 0 Å². The number of hydrogen-bond acceptors (Lipinski definition) is 0. The summed E-state index contributed by atoms with van der Waals surface area (Å²) in [7, 11) is 0. The van der Waals surface area contributed by atoms with E-state index in [1.807, 2.05) is 0 Å². The zero-order valence-corrected chi connectivity index (χ0v) is 22.7. The van der Waals surface area contributed by atoms with Gasteiger partial charge in [-0.2, -0.15) is 0 Å². The Morgan fingerprint density at radius 2 is 0.586 bits per heavy atom. The van der Waals surface area contributed by atoms with Gasteiger partial charge in [-0.1, -0.05) is 118 Å². The molecule has 0 saturated heterocycles. The number of unbranched alkanes of at least 4 members (excludes halogenated alkanes) is 15. The molecule has 1 nitrogen and oxygen atoms in total. The minimum atomic E-state index is 0. The molecule has 0 aromatic carbocycles. The van der Waals surface area contributed by atoms with Crippen LogP contribution in [0.25, 0.3) is 0 Å². The van der Waals surface area contributed by atoms with E-state index >= 15 is 0 Å². The van der Waals surface area contributed by atoms with Crippen LogP contribution in [0.3, 0.4) is 0 Å². The fourth-order valence-corrected chi connectivity index (χ4v) is 5.09. The summed E-state index contributed by atoms with van der Waals surface area (Å²) in [6.07, 6.45) is 27.5. The van der Waals surface area contributed by atoms with E-state index in [0.29, 0.717) is 0 Å². The summed E-state index contributed by atoms with van der Waals surface area (Å²) in [6.45, 7) is 15.1. The Bertz CT molecular complexity index is 275. The van der Waals surface area contributed by atoms with Gasteiger partial charge in [-0.05, 0) is 32.1 Å². The summed E-state index contributed by atoms with van der Waals surface area (Å²) in [4.78, 5) is 0. The normalized spacial score (nSPS) is 11.6. The highest BCUT2D eigenvalue weighted by Gasteiger charge is 2.23. The van der Waals surface area contributed by atoms with Crippen LogP contribution >= 0.6 is 0 Å². The maximum Gasteiger partial charge on any atom is 0.0786 e. The zero-order chi connectivity index (χ0) is 20.8. The van der Waals surface area contributed by atoms with Crippen molar-refractivity contribution in [1.82, 2.24) is 0 Å². The third-order valence-electron chi connectivity index (χ3n) is 6.58. The molecule has 178 valence electrons. The lowest BCUT2D eigenvalue weighted by Crippen LogP contribution is -3.00. The maximum atomic E-state index is 2.37. The highest BCUT2D eigenvalue weighted by atomic mass is 79.9. The smallest absolute Gasteiger partial charge is 0.0786 e. The summed E-state index contributed by atoms with van der Waals surface area (Å²) in [5.74, 6) is 0. The molecule has 0 fully saturated rings. The number of quaternary nitrogens is 1. The largest absolute Gasteiger partial charge is 1.00 e. The Hall–Kier alpha value is 0.440. The minimum Gasteiger partial charge on any atom is -1.00 e. The number of nitrogens with zero attached hydrogens (tertiary/aromatic N) is 1. The molecule has 29 heavy (non-hydrogen) atoms. The Morgan fingerprint density at radius 3 is 0.862 bits per heavy atom. The molecule has 0 N–H and O–H groups in total. The standard InChI is InChI=1S/C27H58N.BrH/c1-5-9-10-11-12-13-14-15-16-17-18-19-20-21-22-23-27-28(24-6-2,25-7-3)26-8-4;/h5-27H2,1-4H3;1H/q+1;/p-1. The summed E-state index contributed by atoms with van der Waals surface area (Å²) in [5.41, 5.74) is 0. The molecule has 0 aliphatic heterocycles. The average Bonchev–Trinajstić information content (AvgIpc) is 2.68. The molecule has 2 heteroatoms. The summed E-state index contributed by atoms with van der Waals surface area (Å²) >= 11 is 0. The molecule has 0 aromatic rings. The molecule has 0 aliphatic carbocycles. The zero-order valence-electron chi connectivity index (χ0n) is 21.1. The van der Waals surface area contributed by atoms with Crippen molar-refractivity contribution in [2.75, 3.05) is 26.2 Å². The van der Waals surface area contributed by atoms with Crippen molar-refractivity contribution in [2.45, 2.75) is 150 Å². The van der Waals surface area contributed by atoms with Crippen LogP contribution in [-0.2, 0) is 0 Å². The molecular weight excluding hydrogens is 418 g/mol. The minimum absolute atomic E-state index is 0. The van der Waals surface area contributed by atoms with E-state index < -0.39 is 0 Å². The van der Waals surface area contributed by atoms with Gasteiger partial charge in [-0.3, -0.25) is 0 Å². The van der Waals surface area contributed by atoms with E-state index in [1.165, 1.54) is 153 Å². The van der Waals surface area contributed by atoms with E-state index in [9.17, 15) is 0 Å². The predicted molar refractivity (Wildman–Crippen MR) is 130 cm³/mol. The highest BCUT2D eigenvalue weighted by Crippen LogP contribution is 2.17. The second kappa shape index (κ2) is 24.7. The molecule has 0 amide bonds. The molecule has 0 radical (unpaired) electrons. The van der Waals surface area contributed by atoms with Crippen molar-refractivity contribution in [3.05, 3.63) is 0 Å². The van der Waals surface area contributed by atoms with Crippen LogP contribution in [0.4, 0.5) is 0 Å². The molecule has 0 aromatic heterocycles. The molecule has 0 spiro atoms. The highest BCUT2D eigenvalue weighted by molar-refractivity contribution is 4.51. The average molecular weight is 477 g/mol. The van der Waals surface area contributed by atoms with Gasteiger partial charge >= 0.3 is 0 Å². The van der Waals surface area contributed by atoms with Gasteiger partial charge in [-0.25, -0.2) is 0 Å². The van der Waals surface area contributed by atoms with Gasteiger partial charge in [0.1, 0.15) is 0 Å². The Balaban J connectivity index is 0. The molecular formula is C27H58BrN. The van der Waals surface area contributed by atoms with Crippen LogP contribution in [-0.4, -0.2) is 30.7 Å². The molecule has 0 unspecified atom stereocenters. The van der Waals surface area contributed by atoms with Gasteiger partial charge in [-0.15, -0.1) is 0 Å². The lowest BCUT2D eigenvalue weighted by atomic mass is 10.0. The number of halogens is 1. The monoisotopic (exact) mass is 475 g/mol. The Kier molecular flexibility index (Phi) is 26.9. The molecule has 0 atom stereocenters. The Labute approximate surface area is 197 Å². The predicted octanol–water partition coefficient (Wildman–Crippen LogP) is 6.30. The van der Waals surface area contributed by atoms with Gasteiger partial charge in [0.2, 0.25) is 0 Å². The van der Waals surface area contributed by atoms with Crippen LogP contribution in [0.2, 0.25) is 0 Å². The van der Waals surface area contributed by atoms with E-state index in [0.717, 1.165) is 0 Å². The lowest BCUT2D eigenvalue weighted by molar-refractivity contribution is -0.928. The fourth-order valence-electron chi connectivity index (χ4n) is 5.09. The number of rotatable bonds is 23. The van der Waals surface area contributed by atoms with Crippen molar-refractivity contribution < 1.29 is 21.5 Å². The van der Waals surface area contributed by atoms with Crippen molar-refractivity contribution in [3.8, 4) is 0 Å². The topological polar surface area (TPSA) is 0 Å². The van der Waals surface area contributed by atoms with E-state index in [4.69, 9.17) is 0 Å². The first kappa shape index (κ1) is 31.6. The second-order valence-electron chi connectivity index (χ2n) is 9.54. The van der Waals surface area contributed by atoms with Crippen LogP contribution in [0.15, 0.2) is 0 Å². The van der Waals surface area contributed by atoms with Crippen LogP contribution in [0.1, 0.15) is 150 Å². The van der Waals surface area contributed by atoms with Crippen molar-refractivity contribution >= 4 is 0 Å². The second-order valence-corrected chi connectivity index (χ2v) is 9.54. The first-order valence-corrected chi connectivity index (χ1v) is 13.6. The molecule has 0 bridgehead atoms. The summed E-state index contributed by atoms with van der Waals surface area (Å²) in [6, 6.07) is 0. The van der Waals surface area contributed by atoms with E-state index in [2.05, 4.69) is 27.7 Å². The Morgan fingerprint density at radius 1 is 0.310 bits per heavy atom. The van der Waals surface area contributed by atoms with E-state index in [-0.39, 0.29) is 17.0 Å².